The Bertz CT molecular complexity index is 825. The number of esters is 1. The number of benzene rings is 1. The van der Waals surface area contributed by atoms with Crippen LogP contribution in [0.5, 0.6) is 0 Å². The molecule has 0 aromatic heterocycles. The molecule has 2 aliphatic rings. The van der Waals surface area contributed by atoms with Gasteiger partial charge in [-0.1, -0.05) is 30.9 Å². The first-order valence-electron chi connectivity index (χ1n) is 9.78. The maximum atomic E-state index is 12.8. The fourth-order valence-electron chi connectivity index (χ4n) is 3.87. The molecule has 1 aliphatic carbocycles. The predicted molar refractivity (Wildman–Crippen MR) is 103 cm³/mol. The summed E-state index contributed by atoms with van der Waals surface area (Å²) in [7, 11) is 0. The highest BCUT2D eigenvalue weighted by Gasteiger charge is 2.39. The fourth-order valence-corrected chi connectivity index (χ4v) is 4.04. The predicted octanol–water partition coefficient (Wildman–Crippen LogP) is 4.02. The summed E-state index contributed by atoms with van der Waals surface area (Å²) in [6.07, 6.45) is 0.562. The third kappa shape index (κ3) is 5.44. The lowest BCUT2D eigenvalue weighted by Gasteiger charge is -2.31. The second kappa shape index (κ2) is 9.24. The molecule has 1 atom stereocenters. The number of carbonyl (C=O) groups is 3. The Balaban J connectivity index is 1.51. The minimum absolute atomic E-state index is 0.0381. The van der Waals surface area contributed by atoms with E-state index in [1.807, 2.05) is 0 Å². The number of likely N-dealkylation sites (tertiary alicyclic amines) is 1. The van der Waals surface area contributed by atoms with E-state index in [2.05, 4.69) is 5.32 Å². The number of ether oxygens (including phenoxy) is 1. The maximum absolute atomic E-state index is 12.8. The summed E-state index contributed by atoms with van der Waals surface area (Å²) in [6, 6.07) is 2.68. The maximum Gasteiger partial charge on any atom is 0.416 e. The largest absolute Gasteiger partial charge is 0.455 e. The summed E-state index contributed by atoms with van der Waals surface area (Å²) in [5.74, 6) is -2.24. The lowest BCUT2D eigenvalue weighted by molar-refractivity contribution is -0.151. The van der Waals surface area contributed by atoms with Gasteiger partial charge in [0.1, 0.15) is 0 Å². The number of hydrogen-bond acceptors (Lipinski definition) is 4. The van der Waals surface area contributed by atoms with Crippen LogP contribution in [0.3, 0.4) is 0 Å². The molecule has 1 saturated heterocycles. The van der Waals surface area contributed by atoms with Crippen molar-refractivity contribution in [2.24, 2.45) is 5.92 Å². The lowest BCUT2D eigenvalue weighted by atomic mass is 9.94. The molecule has 0 bridgehead atoms. The molecule has 2 fully saturated rings. The van der Waals surface area contributed by atoms with Gasteiger partial charge in [-0.05, 0) is 31.0 Å². The molecule has 30 heavy (non-hydrogen) atoms. The number of carbonyl (C=O) groups excluding carboxylic acids is 3. The minimum Gasteiger partial charge on any atom is -0.455 e. The average Bonchev–Trinajstić information content (AvgIpc) is 3.09. The third-order valence-electron chi connectivity index (χ3n) is 5.42. The summed E-state index contributed by atoms with van der Waals surface area (Å²) >= 11 is 5.83. The third-order valence-corrected chi connectivity index (χ3v) is 5.75. The van der Waals surface area contributed by atoms with Crippen LogP contribution in [0.1, 0.15) is 44.1 Å². The molecule has 3 rings (SSSR count). The van der Waals surface area contributed by atoms with E-state index < -0.39 is 36.1 Å². The number of alkyl halides is 3. The van der Waals surface area contributed by atoms with E-state index >= 15 is 0 Å². The van der Waals surface area contributed by atoms with Crippen molar-refractivity contribution in [3.8, 4) is 0 Å². The summed E-state index contributed by atoms with van der Waals surface area (Å²) in [5.41, 5.74) is -1.20. The highest BCUT2D eigenvalue weighted by atomic mass is 35.5. The van der Waals surface area contributed by atoms with Crippen LogP contribution in [0.25, 0.3) is 0 Å². The van der Waals surface area contributed by atoms with E-state index in [1.54, 1.807) is 4.90 Å². The molecular weight excluding hydrogens is 425 g/mol. The first-order valence-corrected chi connectivity index (χ1v) is 10.2. The van der Waals surface area contributed by atoms with E-state index in [0.717, 1.165) is 44.2 Å². The van der Waals surface area contributed by atoms with E-state index in [-0.39, 0.29) is 35.6 Å². The van der Waals surface area contributed by atoms with Crippen LogP contribution >= 0.6 is 11.6 Å². The van der Waals surface area contributed by atoms with Crippen LogP contribution in [-0.2, 0) is 25.3 Å². The van der Waals surface area contributed by atoms with Gasteiger partial charge in [0.05, 0.1) is 22.2 Å². The number of nitrogens with zero attached hydrogens (tertiary/aromatic N) is 1. The van der Waals surface area contributed by atoms with Crippen molar-refractivity contribution in [3.63, 3.8) is 0 Å². The first-order chi connectivity index (χ1) is 14.1. The van der Waals surface area contributed by atoms with E-state index in [0.29, 0.717) is 6.07 Å². The molecule has 1 aromatic rings. The van der Waals surface area contributed by atoms with Crippen LogP contribution in [0.4, 0.5) is 18.9 Å². The summed E-state index contributed by atoms with van der Waals surface area (Å²) in [5, 5.41) is 2.14. The van der Waals surface area contributed by atoms with Crippen molar-refractivity contribution >= 4 is 35.1 Å². The highest BCUT2D eigenvalue weighted by Crippen LogP contribution is 2.34. The van der Waals surface area contributed by atoms with Gasteiger partial charge in [0.25, 0.3) is 5.91 Å². The van der Waals surface area contributed by atoms with Crippen molar-refractivity contribution in [2.75, 3.05) is 18.5 Å². The summed E-state index contributed by atoms with van der Waals surface area (Å²) in [4.78, 5) is 38.3. The van der Waals surface area contributed by atoms with Gasteiger partial charge in [0.15, 0.2) is 6.61 Å². The van der Waals surface area contributed by atoms with E-state index in [1.165, 1.54) is 0 Å². The highest BCUT2D eigenvalue weighted by molar-refractivity contribution is 6.33. The normalized spacial score (nSPS) is 20.3. The van der Waals surface area contributed by atoms with Gasteiger partial charge in [0.2, 0.25) is 5.91 Å². The Morgan fingerprint density at radius 3 is 2.57 bits per heavy atom. The summed E-state index contributed by atoms with van der Waals surface area (Å²) < 4.78 is 43.4. The van der Waals surface area contributed by atoms with Crippen molar-refractivity contribution in [1.29, 1.82) is 0 Å². The zero-order valence-electron chi connectivity index (χ0n) is 16.1. The van der Waals surface area contributed by atoms with Gasteiger partial charge in [-0.15, -0.1) is 0 Å². The fraction of sp³-hybridized carbons (Fsp3) is 0.550. The quantitative estimate of drug-likeness (QED) is 0.693. The number of hydrogen-bond donors (Lipinski definition) is 1. The first kappa shape index (κ1) is 22.4. The smallest absolute Gasteiger partial charge is 0.416 e. The number of nitrogens with one attached hydrogen (secondary N) is 1. The SMILES string of the molecule is O=C(COC(=O)[C@@H]1CC(=O)N(C2CCCCC2)C1)Nc1cc(C(F)(F)F)ccc1Cl. The van der Waals surface area contributed by atoms with Crippen LogP contribution in [0, 0.1) is 5.92 Å². The molecule has 0 radical (unpaired) electrons. The Hall–Kier alpha value is -2.29. The second-order valence-electron chi connectivity index (χ2n) is 7.59. The molecule has 6 nitrogen and oxygen atoms in total. The van der Waals surface area contributed by atoms with Gasteiger partial charge in [-0.3, -0.25) is 14.4 Å². The van der Waals surface area contributed by atoms with Crippen molar-refractivity contribution in [3.05, 3.63) is 28.8 Å². The zero-order valence-corrected chi connectivity index (χ0v) is 16.9. The molecule has 2 amide bonds. The number of amides is 2. The Morgan fingerprint density at radius 2 is 1.90 bits per heavy atom. The van der Waals surface area contributed by atoms with Gasteiger partial charge in [-0.2, -0.15) is 13.2 Å². The summed E-state index contributed by atoms with van der Waals surface area (Å²) in [6.45, 7) is -0.414. The van der Waals surface area contributed by atoms with Crippen LogP contribution in [0.2, 0.25) is 5.02 Å². The van der Waals surface area contributed by atoms with Crippen LogP contribution < -0.4 is 5.32 Å². The van der Waals surface area contributed by atoms with Crippen LogP contribution in [-0.4, -0.2) is 41.9 Å². The molecule has 0 spiro atoms. The van der Waals surface area contributed by atoms with Crippen molar-refractivity contribution in [1.82, 2.24) is 4.90 Å². The van der Waals surface area contributed by atoms with Gasteiger partial charge in [-0.25, -0.2) is 0 Å². The molecule has 1 N–H and O–H groups in total. The molecule has 1 aromatic carbocycles. The Labute approximate surface area is 176 Å². The Kier molecular flexibility index (Phi) is 6.90. The monoisotopic (exact) mass is 446 g/mol. The molecule has 0 unspecified atom stereocenters. The standard InChI is InChI=1S/C20H22ClF3N2O4/c21-15-7-6-13(20(22,23)24)9-16(15)25-17(27)11-30-19(29)12-8-18(28)26(10-12)14-4-2-1-3-5-14/h6-7,9,12,14H,1-5,8,10-11H2,(H,25,27)/t12-/m1/s1. The van der Waals surface area contributed by atoms with Gasteiger partial charge >= 0.3 is 12.1 Å². The molecule has 1 heterocycles. The van der Waals surface area contributed by atoms with E-state index in [4.69, 9.17) is 16.3 Å². The van der Waals surface area contributed by atoms with Crippen molar-refractivity contribution in [2.45, 2.75) is 50.7 Å². The molecule has 164 valence electrons. The van der Waals surface area contributed by atoms with Crippen LogP contribution in [0.15, 0.2) is 18.2 Å². The van der Waals surface area contributed by atoms with Gasteiger partial charge < -0.3 is 15.0 Å². The Morgan fingerprint density at radius 1 is 1.20 bits per heavy atom. The average molecular weight is 447 g/mol. The lowest BCUT2D eigenvalue weighted by Crippen LogP contribution is -2.38. The number of halogens is 4. The zero-order chi connectivity index (χ0) is 21.9. The molecular formula is C20H22ClF3N2O4. The number of anilines is 1. The van der Waals surface area contributed by atoms with Gasteiger partial charge in [0, 0.05) is 19.0 Å². The topological polar surface area (TPSA) is 75.7 Å². The second-order valence-corrected chi connectivity index (χ2v) is 7.99. The molecule has 1 aliphatic heterocycles. The molecule has 10 heteroatoms. The number of rotatable bonds is 5. The molecule has 1 saturated carbocycles. The van der Waals surface area contributed by atoms with E-state index in [9.17, 15) is 27.6 Å². The van der Waals surface area contributed by atoms with Crippen molar-refractivity contribution < 1.29 is 32.3 Å². The minimum atomic E-state index is -4.59.